The van der Waals surface area contributed by atoms with E-state index in [9.17, 15) is 19.5 Å². The molecule has 0 aliphatic carbocycles. The van der Waals surface area contributed by atoms with Crippen LogP contribution in [0.3, 0.4) is 0 Å². The number of hydrogen-bond acceptors (Lipinski definition) is 6. The van der Waals surface area contributed by atoms with Crippen molar-refractivity contribution in [1.29, 1.82) is 0 Å². The molecule has 0 radical (unpaired) electrons. The summed E-state index contributed by atoms with van der Waals surface area (Å²) in [6.45, 7) is 2.73. The van der Waals surface area contributed by atoms with Crippen molar-refractivity contribution in [2.24, 2.45) is 0 Å². The Morgan fingerprint density at radius 1 is 1.07 bits per heavy atom. The second kappa shape index (κ2) is 13.0. The Bertz CT molecular complexity index is 1380. The first-order valence-electron chi connectivity index (χ1n) is 12.7. The number of esters is 1. The fourth-order valence-corrected chi connectivity index (χ4v) is 5.03. The Labute approximate surface area is 242 Å². The number of hydrogen-bond donors (Lipinski definition) is 2. The Balaban J connectivity index is 1.38. The van der Waals surface area contributed by atoms with Crippen LogP contribution in [0, 0.1) is 0 Å². The number of carbonyl (C=O) groups is 3. The molecule has 2 amide bonds. The second-order valence-corrected chi connectivity index (χ2v) is 10.3. The highest BCUT2D eigenvalue weighted by Crippen LogP contribution is 2.28. The van der Waals surface area contributed by atoms with Crippen LogP contribution in [0.1, 0.15) is 46.4 Å². The van der Waals surface area contributed by atoms with Crippen molar-refractivity contribution in [3.8, 4) is 5.75 Å². The van der Waals surface area contributed by atoms with Gasteiger partial charge < -0.3 is 19.9 Å². The van der Waals surface area contributed by atoms with Gasteiger partial charge in [-0.15, -0.1) is 0 Å². The molecule has 2 aromatic carbocycles. The Morgan fingerprint density at radius 2 is 1.77 bits per heavy atom. The average molecular weight is 586 g/mol. The molecule has 9 nitrogen and oxygen atoms in total. The van der Waals surface area contributed by atoms with Gasteiger partial charge in [-0.1, -0.05) is 54.4 Å². The summed E-state index contributed by atoms with van der Waals surface area (Å²) in [5.41, 5.74) is 2.53. The molecule has 0 spiro atoms. The maximum Gasteiger partial charge on any atom is 0.413 e. The normalized spacial score (nSPS) is 14.1. The van der Waals surface area contributed by atoms with Gasteiger partial charge >= 0.3 is 12.1 Å². The number of carbonyl (C=O) groups excluding carboxylic acids is 2. The van der Waals surface area contributed by atoms with E-state index in [-0.39, 0.29) is 27.9 Å². The fourth-order valence-electron chi connectivity index (χ4n) is 4.46. The van der Waals surface area contributed by atoms with Crippen molar-refractivity contribution in [2.45, 2.75) is 38.1 Å². The summed E-state index contributed by atoms with van der Waals surface area (Å²) in [5, 5.41) is 12.5. The number of amides is 2. The molecule has 11 heteroatoms. The number of nitrogens with zero attached hydrogens (tertiary/aromatic N) is 2. The molecule has 1 unspecified atom stereocenters. The molecule has 0 bridgehead atoms. The van der Waals surface area contributed by atoms with Crippen molar-refractivity contribution in [3.05, 3.63) is 87.0 Å². The van der Waals surface area contributed by atoms with E-state index in [0.717, 1.165) is 29.7 Å². The predicted octanol–water partition coefficient (Wildman–Crippen LogP) is 5.52. The smallest absolute Gasteiger partial charge is 0.413 e. The highest BCUT2D eigenvalue weighted by molar-refractivity contribution is 6.39. The molecule has 2 N–H and O–H groups in total. The maximum absolute atomic E-state index is 12.8. The number of methoxy groups -OCH3 is 1. The molecule has 4 rings (SSSR count). The van der Waals surface area contributed by atoms with Crippen LogP contribution in [0.2, 0.25) is 10.0 Å². The van der Waals surface area contributed by atoms with Crippen molar-refractivity contribution >= 4 is 47.0 Å². The summed E-state index contributed by atoms with van der Waals surface area (Å²) in [6, 6.07) is 14.7. The first-order valence-corrected chi connectivity index (χ1v) is 13.5. The van der Waals surface area contributed by atoms with Crippen LogP contribution in [0.4, 0.5) is 10.6 Å². The molecule has 0 saturated heterocycles. The summed E-state index contributed by atoms with van der Waals surface area (Å²) in [7, 11) is 1.25. The number of rotatable bonds is 9. The lowest BCUT2D eigenvalue weighted by Crippen LogP contribution is -2.43. The average Bonchev–Trinajstić information content (AvgIpc) is 2.95. The van der Waals surface area contributed by atoms with E-state index in [1.807, 2.05) is 19.1 Å². The van der Waals surface area contributed by atoms with Crippen LogP contribution < -0.4 is 15.0 Å². The third kappa shape index (κ3) is 6.84. The molecule has 1 aromatic heterocycles. The van der Waals surface area contributed by atoms with Crippen molar-refractivity contribution < 1.29 is 29.0 Å². The molecule has 210 valence electrons. The van der Waals surface area contributed by atoms with Gasteiger partial charge in [0.1, 0.15) is 17.6 Å². The SMILES string of the molecule is COC(=O)[C@H](Cc1ccc(OCC(C)c2ccc3c(n2)N(C(=O)O)CCC3)cc1)NC(=O)c1c(Cl)cccc1Cl. The van der Waals surface area contributed by atoms with Gasteiger partial charge in [-0.05, 0) is 54.3 Å². The van der Waals surface area contributed by atoms with Crippen molar-refractivity contribution in [3.63, 3.8) is 0 Å². The predicted molar refractivity (Wildman–Crippen MR) is 152 cm³/mol. The zero-order valence-electron chi connectivity index (χ0n) is 22.0. The first kappa shape index (κ1) is 29.2. The quantitative estimate of drug-likeness (QED) is 0.317. The molecule has 2 atom stereocenters. The van der Waals surface area contributed by atoms with Crippen LogP contribution >= 0.6 is 23.2 Å². The number of ether oxygens (including phenoxy) is 2. The second-order valence-electron chi connectivity index (χ2n) is 9.46. The van der Waals surface area contributed by atoms with E-state index < -0.39 is 24.0 Å². The topological polar surface area (TPSA) is 118 Å². The number of pyridine rings is 1. The van der Waals surface area contributed by atoms with Gasteiger partial charge in [0.05, 0.1) is 29.3 Å². The lowest BCUT2D eigenvalue weighted by Gasteiger charge is -2.26. The van der Waals surface area contributed by atoms with E-state index in [1.165, 1.54) is 12.0 Å². The number of aromatic nitrogens is 1. The molecule has 1 aliphatic rings. The molecule has 0 saturated carbocycles. The van der Waals surface area contributed by atoms with Crippen LogP contribution in [0.5, 0.6) is 5.75 Å². The van der Waals surface area contributed by atoms with Crippen LogP contribution in [-0.4, -0.2) is 54.4 Å². The Morgan fingerprint density at radius 3 is 2.42 bits per heavy atom. The lowest BCUT2D eigenvalue weighted by molar-refractivity contribution is -0.142. The number of halogens is 2. The third-order valence-electron chi connectivity index (χ3n) is 6.64. The largest absolute Gasteiger partial charge is 0.493 e. The number of aryl methyl sites for hydroxylation is 1. The van der Waals surface area contributed by atoms with E-state index in [2.05, 4.69) is 10.3 Å². The fraction of sp³-hybridized carbons (Fsp3) is 0.310. The van der Waals surface area contributed by atoms with E-state index in [1.54, 1.807) is 42.5 Å². The number of carboxylic acid groups (broad SMARTS) is 1. The first-order chi connectivity index (χ1) is 19.2. The van der Waals surface area contributed by atoms with Crippen LogP contribution in [-0.2, 0) is 22.4 Å². The minimum atomic E-state index is -1.00. The van der Waals surface area contributed by atoms with Gasteiger partial charge in [-0.3, -0.25) is 9.69 Å². The highest BCUT2D eigenvalue weighted by atomic mass is 35.5. The number of anilines is 1. The highest BCUT2D eigenvalue weighted by Gasteiger charge is 2.26. The standard InChI is InChI=1S/C29H29Cl2N3O6/c1-17(23-13-10-19-5-4-14-34(29(37)38)26(19)32-23)16-40-20-11-8-18(9-12-20)15-24(28(36)39-2)33-27(35)25-21(30)6-3-7-22(25)31/h3,6-13,17,24H,4-5,14-16H2,1-2H3,(H,33,35)(H,37,38)/t17?,24-/m0/s1. The van der Waals surface area contributed by atoms with Gasteiger partial charge in [-0.25, -0.2) is 14.6 Å². The number of benzene rings is 2. The van der Waals surface area contributed by atoms with Gasteiger partial charge in [0.2, 0.25) is 0 Å². The summed E-state index contributed by atoms with van der Waals surface area (Å²) in [4.78, 5) is 42.7. The molecule has 2 heterocycles. The van der Waals surface area contributed by atoms with Gasteiger partial charge in [0.25, 0.3) is 5.91 Å². The lowest BCUT2D eigenvalue weighted by atomic mass is 10.0. The summed E-state index contributed by atoms with van der Waals surface area (Å²) in [6.07, 6.45) is 0.752. The van der Waals surface area contributed by atoms with Crippen LogP contribution in [0.15, 0.2) is 54.6 Å². The van der Waals surface area contributed by atoms with Gasteiger partial charge in [0, 0.05) is 24.6 Å². The molecule has 1 aliphatic heterocycles. The number of nitrogens with one attached hydrogen (secondary N) is 1. The minimum absolute atomic E-state index is 0.0849. The van der Waals surface area contributed by atoms with E-state index in [4.69, 9.17) is 32.7 Å². The van der Waals surface area contributed by atoms with E-state index >= 15 is 0 Å². The molecular weight excluding hydrogens is 557 g/mol. The Hall–Kier alpha value is -3.82. The monoisotopic (exact) mass is 585 g/mol. The van der Waals surface area contributed by atoms with Gasteiger partial charge in [-0.2, -0.15) is 0 Å². The van der Waals surface area contributed by atoms with E-state index in [0.29, 0.717) is 24.7 Å². The zero-order chi connectivity index (χ0) is 28.8. The molecule has 0 fully saturated rings. The molecule has 3 aromatic rings. The Kier molecular flexibility index (Phi) is 9.50. The van der Waals surface area contributed by atoms with Crippen molar-refractivity contribution in [2.75, 3.05) is 25.2 Å². The van der Waals surface area contributed by atoms with Crippen molar-refractivity contribution in [1.82, 2.24) is 10.3 Å². The third-order valence-corrected chi connectivity index (χ3v) is 7.27. The minimum Gasteiger partial charge on any atom is -0.493 e. The van der Waals surface area contributed by atoms with Gasteiger partial charge in [0.15, 0.2) is 0 Å². The van der Waals surface area contributed by atoms with Crippen LogP contribution in [0.25, 0.3) is 0 Å². The maximum atomic E-state index is 12.8. The number of fused-ring (bicyclic) bond motifs is 1. The molecule has 40 heavy (non-hydrogen) atoms. The summed E-state index contributed by atoms with van der Waals surface area (Å²) >= 11 is 12.3. The molecular formula is C29H29Cl2N3O6. The summed E-state index contributed by atoms with van der Waals surface area (Å²) < 4.78 is 10.8. The summed E-state index contributed by atoms with van der Waals surface area (Å²) in [5.74, 6) is -0.163. The zero-order valence-corrected chi connectivity index (χ0v) is 23.5.